The maximum atomic E-state index is 13.6. The first-order valence-corrected chi connectivity index (χ1v) is 11.0. The fourth-order valence-corrected chi connectivity index (χ4v) is 3.42. The first-order chi connectivity index (χ1) is 16.8. The fraction of sp³-hybridized carbons (Fsp3) is 0.304. The molecule has 0 aliphatic heterocycles. The van der Waals surface area contributed by atoms with E-state index in [0.29, 0.717) is 13.0 Å². The molecule has 0 saturated carbocycles. The van der Waals surface area contributed by atoms with Gasteiger partial charge in [-0.1, -0.05) is 29.8 Å². The van der Waals surface area contributed by atoms with Gasteiger partial charge in [0.05, 0.1) is 22.0 Å². The lowest BCUT2D eigenvalue weighted by molar-refractivity contribution is -0.274. The van der Waals surface area contributed by atoms with Crippen molar-refractivity contribution in [3.63, 3.8) is 0 Å². The highest BCUT2D eigenvalue weighted by molar-refractivity contribution is 6.33. The molecule has 1 heterocycles. The molecule has 2 aromatic carbocycles. The largest absolute Gasteiger partial charge is 0.573 e. The molecule has 3 rings (SSSR count). The lowest BCUT2D eigenvalue weighted by Crippen LogP contribution is -2.17. The predicted octanol–water partition coefficient (Wildman–Crippen LogP) is 6.82. The van der Waals surface area contributed by atoms with E-state index < -0.39 is 29.5 Å². The van der Waals surface area contributed by atoms with E-state index >= 15 is 0 Å². The number of ether oxygens (including phenoxy) is 1. The Morgan fingerprint density at radius 1 is 0.972 bits per heavy atom. The molecule has 13 heteroatoms. The van der Waals surface area contributed by atoms with Crippen LogP contribution in [0, 0.1) is 0 Å². The van der Waals surface area contributed by atoms with Gasteiger partial charge in [0, 0.05) is 18.2 Å². The number of nitrogens with zero attached hydrogens (tertiary/aromatic N) is 3. The smallest absolute Gasteiger partial charge is 0.406 e. The maximum absolute atomic E-state index is 13.6. The van der Waals surface area contributed by atoms with Crippen molar-refractivity contribution in [1.29, 1.82) is 0 Å². The molecule has 0 saturated heterocycles. The topological polar surface area (TPSA) is 62.3 Å². The number of alkyl halides is 6. The zero-order valence-electron chi connectivity index (χ0n) is 19.1. The van der Waals surface area contributed by atoms with Crippen LogP contribution in [0.4, 0.5) is 43.8 Å². The third-order valence-electron chi connectivity index (χ3n) is 4.73. The van der Waals surface area contributed by atoms with Crippen LogP contribution in [0.25, 0.3) is 11.3 Å². The first-order valence-electron chi connectivity index (χ1n) is 10.6. The van der Waals surface area contributed by atoms with E-state index in [0.717, 1.165) is 24.7 Å². The number of hydrogen-bond donors (Lipinski definition) is 2. The molecule has 0 aliphatic carbocycles. The number of aromatic nitrogens is 2. The Kier molecular flexibility index (Phi) is 8.51. The average molecular weight is 534 g/mol. The highest BCUT2D eigenvalue weighted by Crippen LogP contribution is 2.40. The van der Waals surface area contributed by atoms with E-state index in [2.05, 4.69) is 25.3 Å². The van der Waals surface area contributed by atoms with Gasteiger partial charge in [0.2, 0.25) is 5.95 Å². The number of para-hydroxylation sites is 1. The van der Waals surface area contributed by atoms with Crippen LogP contribution in [0.5, 0.6) is 5.75 Å². The number of nitrogens with one attached hydrogen (secondary N) is 2. The van der Waals surface area contributed by atoms with Crippen LogP contribution in [0.1, 0.15) is 12.0 Å². The monoisotopic (exact) mass is 533 g/mol. The van der Waals surface area contributed by atoms with Crippen LogP contribution >= 0.6 is 11.6 Å². The number of halogens is 7. The second-order valence-electron chi connectivity index (χ2n) is 7.91. The number of benzene rings is 2. The lowest BCUT2D eigenvalue weighted by atomic mass is 10.1. The van der Waals surface area contributed by atoms with Crippen molar-refractivity contribution in [2.45, 2.75) is 19.0 Å². The minimum Gasteiger partial charge on any atom is -0.406 e. The van der Waals surface area contributed by atoms with Crippen LogP contribution in [0.15, 0.2) is 48.5 Å². The van der Waals surface area contributed by atoms with Crippen LogP contribution in [-0.4, -0.2) is 48.4 Å². The van der Waals surface area contributed by atoms with Gasteiger partial charge in [0.15, 0.2) is 0 Å². The molecule has 0 atom stereocenters. The summed E-state index contributed by atoms with van der Waals surface area (Å²) in [5, 5.41) is 5.40. The summed E-state index contributed by atoms with van der Waals surface area (Å²) in [6, 6.07) is 9.71. The Bertz CT molecular complexity index is 1190. The van der Waals surface area contributed by atoms with Crippen LogP contribution in [-0.2, 0) is 6.18 Å². The summed E-state index contributed by atoms with van der Waals surface area (Å²) >= 11 is 6.05. The third-order valence-corrected chi connectivity index (χ3v) is 5.04. The second kappa shape index (κ2) is 11.2. The van der Waals surface area contributed by atoms with Crippen molar-refractivity contribution in [2.75, 3.05) is 37.8 Å². The zero-order chi connectivity index (χ0) is 26.5. The van der Waals surface area contributed by atoms with Crippen molar-refractivity contribution >= 4 is 29.1 Å². The Morgan fingerprint density at radius 2 is 1.69 bits per heavy atom. The highest BCUT2D eigenvalue weighted by Gasteiger charge is 2.34. The summed E-state index contributed by atoms with van der Waals surface area (Å²) in [5.41, 5.74) is -1.04. The summed E-state index contributed by atoms with van der Waals surface area (Å²) in [7, 11) is 3.80. The molecule has 0 fully saturated rings. The molecule has 0 spiro atoms. The van der Waals surface area contributed by atoms with Crippen molar-refractivity contribution < 1.29 is 31.1 Å². The van der Waals surface area contributed by atoms with Gasteiger partial charge < -0.3 is 20.3 Å². The summed E-state index contributed by atoms with van der Waals surface area (Å²) < 4.78 is 82.6. The Morgan fingerprint density at radius 3 is 2.36 bits per heavy atom. The van der Waals surface area contributed by atoms with Gasteiger partial charge >= 0.3 is 12.5 Å². The molecule has 3 aromatic rings. The quantitative estimate of drug-likeness (QED) is 0.232. The van der Waals surface area contributed by atoms with Crippen LogP contribution in [0.2, 0.25) is 5.02 Å². The normalized spacial score (nSPS) is 12.1. The highest BCUT2D eigenvalue weighted by atomic mass is 35.5. The molecule has 0 amide bonds. The molecule has 194 valence electrons. The molecule has 0 unspecified atom stereocenters. The molecule has 2 N–H and O–H groups in total. The van der Waals surface area contributed by atoms with E-state index in [4.69, 9.17) is 11.6 Å². The van der Waals surface area contributed by atoms with Gasteiger partial charge in [-0.25, -0.2) is 4.98 Å². The molecule has 6 nitrogen and oxygen atoms in total. The fourth-order valence-electron chi connectivity index (χ4n) is 3.20. The van der Waals surface area contributed by atoms with E-state index in [1.807, 2.05) is 19.0 Å². The van der Waals surface area contributed by atoms with E-state index in [1.54, 1.807) is 0 Å². The molecule has 0 bridgehead atoms. The third kappa shape index (κ3) is 7.89. The average Bonchev–Trinajstić information content (AvgIpc) is 2.76. The van der Waals surface area contributed by atoms with Crippen molar-refractivity contribution in [3.05, 3.63) is 59.1 Å². The Balaban J connectivity index is 2.01. The van der Waals surface area contributed by atoms with Crippen molar-refractivity contribution in [2.24, 2.45) is 0 Å². The minimum atomic E-state index is -4.89. The summed E-state index contributed by atoms with van der Waals surface area (Å²) in [6.07, 6.45) is -8.88. The lowest BCUT2D eigenvalue weighted by Gasteiger charge is -2.17. The number of hydrogen-bond acceptors (Lipinski definition) is 6. The molecule has 36 heavy (non-hydrogen) atoms. The van der Waals surface area contributed by atoms with Gasteiger partial charge in [0.1, 0.15) is 11.6 Å². The second-order valence-corrected chi connectivity index (χ2v) is 8.31. The molecule has 0 radical (unpaired) electrons. The summed E-state index contributed by atoms with van der Waals surface area (Å²) in [6.45, 7) is 1.20. The number of rotatable bonds is 9. The molecule has 0 aliphatic rings. The van der Waals surface area contributed by atoms with Gasteiger partial charge in [0.25, 0.3) is 0 Å². The van der Waals surface area contributed by atoms with E-state index in [9.17, 15) is 26.3 Å². The Labute approximate surface area is 208 Å². The van der Waals surface area contributed by atoms with Crippen LogP contribution < -0.4 is 15.4 Å². The van der Waals surface area contributed by atoms with Gasteiger partial charge in [-0.2, -0.15) is 18.2 Å². The van der Waals surface area contributed by atoms with Gasteiger partial charge in [-0.3, -0.25) is 0 Å². The molecular weight excluding hydrogens is 512 g/mol. The zero-order valence-corrected chi connectivity index (χ0v) is 19.9. The predicted molar refractivity (Wildman–Crippen MR) is 126 cm³/mol. The van der Waals surface area contributed by atoms with Crippen molar-refractivity contribution in [3.8, 4) is 17.0 Å². The summed E-state index contributed by atoms with van der Waals surface area (Å²) in [4.78, 5) is 10.5. The number of anilines is 3. The SMILES string of the molecule is CN(C)CCCNc1nc(Nc2c(Cl)cccc2C(F)(F)F)cc(-c2cccc(OC(F)(F)F)c2)n1. The first kappa shape index (κ1) is 27.3. The van der Waals surface area contributed by atoms with E-state index in [-0.39, 0.29) is 28.0 Å². The van der Waals surface area contributed by atoms with Gasteiger partial charge in [-0.05, 0) is 51.3 Å². The Hall–Kier alpha value is -3.25. The molecule has 1 aromatic heterocycles. The maximum Gasteiger partial charge on any atom is 0.573 e. The van der Waals surface area contributed by atoms with Crippen LogP contribution in [0.3, 0.4) is 0 Å². The summed E-state index contributed by atoms with van der Waals surface area (Å²) in [5.74, 6) is -0.452. The minimum absolute atomic E-state index is 0.0455. The van der Waals surface area contributed by atoms with E-state index in [1.165, 1.54) is 30.3 Å². The standard InChI is InChI=1S/C23H22ClF6N5O/c1-35(2)11-5-10-31-21-32-18(14-6-3-7-15(12-14)36-23(28,29)30)13-19(34-21)33-20-16(22(25,26)27)8-4-9-17(20)24/h3-4,6-9,12-13H,5,10-11H2,1-2H3,(H2,31,32,33,34). The van der Waals surface area contributed by atoms with Gasteiger partial charge in [-0.15, -0.1) is 13.2 Å². The molecular formula is C23H22ClF6N5O. The van der Waals surface area contributed by atoms with Crippen molar-refractivity contribution in [1.82, 2.24) is 14.9 Å².